The number of hydrogen-bond donors (Lipinski definition) is 0. The molecular formula is C12H14BrF2NO. The fourth-order valence-corrected chi connectivity index (χ4v) is 2.35. The van der Waals surface area contributed by atoms with Gasteiger partial charge in [-0.1, -0.05) is 15.9 Å². The van der Waals surface area contributed by atoms with Crippen molar-refractivity contribution in [3.8, 4) is 0 Å². The number of rotatable bonds is 3. The van der Waals surface area contributed by atoms with Crippen LogP contribution in [0, 0.1) is 11.6 Å². The fourth-order valence-electron chi connectivity index (χ4n) is 1.92. The minimum atomic E-state index is -0.773. The van der Waals surface area contributed by atoms with Gasteiger partial charge in [-0.05, 0) is 18.1 Å². The molecule has 0 aromatic heterocycles. The van der Waals surface area contributed by atoms with Gasteiger partial charge in [0, 0.05) is 30.2 Å². The zero-order valence-corrected chi connectivity index (χ0v) is 11.0. The van der Waals surface area contributed by atoms with Gasteiger partial charge in [0.15, 0.2) is 11.6 Å². The first kappa shape index (κ1) is 12.8. The lowest BCUT2D eigenvalue weighted by molar-refractivity contribution is 0.122. The van der Waals surface area contributed by atoms with Crippen LogP contribution in [0.3, 0.4) is 0 Å². The van der Waals surface area contributed by atoms with Gasteiger partial charge in [0.05, 0.1) is 13.2 Å². The van der Waals surface area contributed by atoms with Gasteiger partial charge in [0.1, 0.15) is 0 Å². The van der Waals surface area contributed by atoms with Crippen LogP contribution in [0.5, 0.6) is 0 Å². The van der Waals surface area contributed by atoms with Crippen molar-refractivity contribution in [1.82, 2.24) is 0 Å². The van der Waals surface area contributed by atoms with Gasteiger partial charge in [-0.2, -0.15) is 0 Å². The van der Waals surface area contributed by atoms with Crippen molar-refractivity contribution >= 4 is 21.6 Å². The molecule has 0 bridgehead atoms. The van der Waals surface area contributed by atoms with Gasteiger partial charge in [-0.15, -0.1) is 0 Å². The molecule has 94 valence electrons. The molecule has 0 radical (unpaired) electrons. The number of ether oxygens (including phenoxy) is 1. The van der Waals surface area contributed by atoms with E-state index < -0.39 is 11.6 Å². The van der Waals surface area contributed by atoms with Gasteiger partial charge in [-0.3, -0.25) is 0 Å². The first-order chi connectivity index (χ1) is 8.22. The largest absolute Gasteiger partial charge is 0.378 e. The lowest BCUT2D eigenvalue weighted by Crippen LogP contribution is -2.36. The van der Waals surface area contributed by atoms with Crippen LogP contribution < -0.4 is 4.90 Å². The number of anilines is 1. The van der Waals surface area contributed by atoms with E-state index in [1.54, 1.807) is 6.07 Å². The Morgan fingerprint density at radius 2 is 1.94 bits per heavy atom. The average molecular weight is 306 g/mol. The first-order valence-corrected chi connectivity index (χ1v) is 6.71. The highest BCUT2D eigenvalue weighted by Crippen LogP contribution is 2.23. The summed E-state index contributed by atoms with van der Waals surface area (Å²) in [4.78, 5) is 2.02. The average Bonchev–Trinajstić information content (AvgIpc) is 2.36. The van der Waals surface area contributed by atoms with Gasteiger partial charge in [0.25, 0.3) is 0 Å². The van der Waals surface area contributed by atoms with Crippen LogP contribution in [-0.4, -0.2) is 31.6 Å². The second-order valence-corrected chi connectivity index (χ2v) is 4.73. The third-order valence-corrected chi connectivity index (χ3v) is 3.22. The quantitative estimate of drug-likeness (QED) is 0.796. The van der Waals surface area contributed by atoms with Crippen molar-refractivity contribution < 1.29 is 13.5 Å². The van der Waals surface area contributed by atoms with E-state index >= 15 is 0 Å². The Morgan fingerprint density at radius 3 is 2.59 bits per heavy atom. The Bertz CT molecular complexity index is 394. The zero-order valence-electron chi connectivity index (χ0n) is 9.39. The van der Waals surface area contributed by atoms with Crippen molar-refractivity contribution in [3.05, 3.63) is 29.3 Å². The number of benzene rings is 1. The first-order valence-electron chi connectivity index (χ1n) is 5.59. The van der Waals surface area contributed by atoms with Crippen LogP contribution in [0.4, 0.5) is 14.5 Å². The smallest absolute Gasteiger partial charge is 0.162 e. The minimum Gasteiger partial charge on any atom is -0.378 e. The SMILES string of the molecule is Fc1cc(N2CCOCC2)cc(CCBr)c1F. The Morgan fingerprint density at radius 1 is 1.24 bits per heavy atom. The van der Waals surface area contributed by atoms with Crippen molar-refractivity contribution in [2.45, 2.75) is 6.42 Å². The second kappa shape index (κ2) is 5.78. The van der Waals surface area contributed by atoms with Crippen LogP contribution in [0.2, 0.25) is 0 Å². The lowest BCUT2D eigenvalue weighted by atomic mass is 10.1. The van der Waals surface area contributed by atoms with Gasteiger partial charge in [0.2, 0.25) is 0 Å². The molecule has 0 spiro atoms. The standard InChI is InChI=1S/C12H14BrF2NO/c13-2-1-9-7-10(8-11(14)12(9)15)16-3-5-17-6-4-16/h7-8H,1-6H2. The maximum atomic E-state index is 13.5. The Balaban J connectivity index is 2.27. The topological polar surface area (TPSA) is 12.5 Å². The molecule has 1 saturated heterocycles. The fraction of sp³-hybridized carbons (Fsp3) is 0.500. The molecule has 0 saturated carbocycles. The third kappa shape index (κ3) is 2.96. The van der Waals surface area contributed by atoms with Gasteiger partial charge >= 0.3 is 0 Å². The summed E-state index contributed by atoms with van der Waals surface area (Å²) in [5.41, 5.74) is 1.16. The molecule has 0 aliphatic carbocycles. The maximum absolute atomic E-state index is 13.5. The van der Waals surface area contributed by atoms with Crippen LogP contribution in [0.25, 0.3) is 0 Å². The second-order valence-electron chi connectivity index (χ2n) is 3.94. The third-order valence-electron chi connectivity index (χ3n) is 2.83. The maximum Gasteiger partial charge on any atom is 0.162 e. The van der Waals surface area contributed by atoms with Crippen LogP contribution >= 0.6 is 15.9 Å². The lowest BCUT2D eigenvalue weighted by Gasteiger charge is -2.29. The van der Waals surface area contributed by atoms with Gasteiger partial charge in [-0.25, -0.2) is 8.78 Å². The van der Waals surface area contributed by atoms with E-state index in [-0.39, 0.29) is 0 Å². The minimum absolute atomic E-state index is 0.420. The van der Waals surface area contributed by atoms with Gasteiger partial charge < -0.3 is 9.64 Å². The molecule has 5 heteroatoms. The number of aryl methyl sites for hydroxylation is 1. The van der Waals surface area contributed by atoms with E-state index in [4.69, 9.17) is 4.74 Å². The normalized spacial score (nSPS) is 16.3. The molecule has 0 amide bonds. The van der Waals surface area contributed by atoms with Crippen molar-refractivity contribution in [3.63, 3.8) is 0 Å². The van der Waals surface area contributed by atoms with E-state index in [2.05, 4.69) is 15.9 Å². The summed E-state index contributed by atoms with van der Waals surface area (Å²) in [6.07, 6.45) is 0.487. The highest BCUT2D eigenvalue weighted by Gasteiger charge is 2.16. The van der Waals surface area contributed by atoms with E-state index in [1.165, 1.54) is 6.07 Å². The molecule has 1 aliphatic heterocycles. The predicted molar refractivity (Wildman–Crippen MR) is 66.9 cm³/mol. The monoisotopic (exact) mass is 305 g/mol. The van der Waals surface area contributed by atoms with E-state index in [0.717, 1.165) is 18.8 Å². The highest BCUT2D eigenvalue weighted by molar-refractivity contribution is 9.09. The summed E-state index contributed by atoms with van der Waals surface area (Å²) < 4.78 is 32.2. The van der Waals surface area contributed by atoms with Crippen molar-refractivity contribution in [2.75, 3.05) is 36.5 Å². The molecule has 0 atom stereocenters. The predicted octanol–water partition coefficient (Wildman–Crippen LogP) is 2.74. The molecule has 2 nitrogen and oxygen atoms in total. The molecule has 0 N–H and O–H groups in total. The van der Waals surface area contributed by atoms with E-state index in [0.29, 0.717) is 30.5 Å². The molecule has 0 unspecified atom stereocenters. The van der Waals surface area contributed by atoms with E-state index in [1.807, 2.05) is 4.90 Å². The molecule has 17 heavy (non-hydrogen) atoms. The zero-order chi connectivity index (χ0) is 12.3. The number of alkyl halides is 1. The molecule has 1 fully saturated rings. The summed E-state index contributed by atoms with van der Waals surface area (Å²) >= 11 is 3.24. The van der Waals surface area contributed by atoms with E-state index in [9.17, 15) is 8.78 Å². The van der Waals surface area contributed by atoms with Crippen LogP contribution in [0.1, 0.15) is 5.56 Å². The molecular weight excluding hydrogens is 292 g/mol. The Hall–Kier alpha value is -0.680. The summed E-state index contributed by atoms with van der Waals surface area (Å²) in [5.74, 6) is -1.51. The summed E-state index contributed by atoms with van der Waals surface area (Å²) in [6, 6.07) is 2.99. The number of hydrogen-bond acceptors (Lipinski definition) is 2. The van der Waals surface area contributed by atoms with Crippen molar-refractivity contribution in [1.29, 1.82) is 0 Å². The number of halogens is 3. The molecule has 1 aromatic carbocycles. The molecule has 2 rings (SSSR count). The summed E-state index contributed by atoms with van der Waals surface area (Å²) in [7, 11) is 0. The molecule has 1 aliphatic rings. The van der Waals surface area contributed by atoms with Crippen LogP contribution in [-0.2, 0) is 11.2 Å². The highest BCUT2D eigenvalue weighted by atomic mass is 79.9. The van der Waals surface area contributed by atoms with Crippen LogP contribution in [0.15, 0.2) is 12.1 Å². The summed E-state index contributed by atoms with van der Waals surface area (Å²) in [5, 5.41) is 0.621. The summed E-state index contributed by atoms with van der Waals surface area (Å²) in [6.45, 7) is 2.71. The van der Waals surface area contributed by atoms with Crippen molar-refractivity contribution in [2.24, 2.45) is 0 Å². The number of nitrogens with zero attached hydrogens (tertiary/aromatic N) is 1. The molecule has 1 aromatic rings. The molecule has 1 heterocycles. The Kier molecular flexibility index (Phi) is 4.34. The number of morpholine rings is 1. The Labute approximate surface area is 108 Å².